The Balaban J connectivity index is 2.02. The van der Waals surface area contributed by atoms with E-state index in [2.05, 4.69) is 16.6 Å². The van der Waals surface area contributed by atoms with Gasteiger partial charge in [-0.1, -0.05) is 5.92 Å². The van der Waals surface area contributed by atoms with Gasteiger partial charge in [0.05, 0.1) is 13.4 Å². The summed E-state index contributed by atoms with van der Waals surface area (Å²) < 4.78 is 10.0. The van der Waals surface area contributed by atoms with Gasteiger partial charge in [-0.05, 0) is 36.5 Å². The van der Waals surface area contributed by atoms with Crippen molar-refractivity contribution in [1.82, 2.24) is 0 Å². The zero-order valence-corrected chi connectivity index (χ0v) is 12.4. The fourth-order valence-corrected chi connectivity index (χ4v) is 5.16. The van der Waals surface area contributed by atoms with E-state index in [9.17, 15) is 4.79 Å². The number of carbonyl (C=O) groups excluding carboxylic acids is 1. The van der Waals surface area contributed by atoms with Crippen LogP contribution in [0.25, 0.3) is 0 Å². The zero-order valence-electron chi connectivity index (χ0n) is 10.8. The lowest BCUT2D eigenvalue weighted by Crippen LogP contribution is -2.22. The van der Waals surface area contributed by atoms with E-state index in [4.69, 9.17) is 4.42 Å². The summed E-state index contributed by atoms with van der Waals surface area (Å²) >= 11 is 3.84. The molecule has 1 fully saturated rings. The third kappa shape index (κ3) is 3.74. The van der Waals surface area contributed by atoms with Crippen LogP contribution in [0.15, 0.2) is 22.8 Å². The van der Waals surface area contributed by atoms with Gasteiger partial charge in [0.2, 0.25) is 0 Å². The molecule has 1 aliphatic rings. The molecule has 0 amide bonds. The second-order valence-corrected chi connectivity index (χ2v) is 7.12. The predicted molar refractivity (Wildman–Crippen MR) is 78.9 cm³/mol. The fraction of sp³-hybridized carbons (Fsp3) is 0.500. The molecule has 0 saturated carbocycles. The molecule has 3 nitrogen and oxygen atoms in total. The molecular formula is C14H16O3S2. The first-order chi connectivity index (χ1) is 9.27. The number of furan rings is 1. The molecule has 0 spiro atoms. The molecule has 102 valence electrons. The number of ether oxygens (including phenoxy) is 1. The highest BCUT2D eigenvalue weighted by Crippen LogP contribution is 2.53. The molecule has 0 atom stereocenters. The van der Waals surface area contributed by atoms with E-state index < -0.39 is 5.97 Å². The van der Waals surface area contributed by atoms with Crippen molar-refractivity contribution in [2.45, 2.75) is 23.3 Å². The summed E-state index contributed by atoms with van der Waals surface area (Å²) in [5.74, 6) is 8.15. The molecule has 1 saturated heterocycles. The summed E-state index contributed by atoms with van der Waals surface area (Å²) in [7, 11) is 1.34. The normalized spacial score (nSPS) is 17.3. The highest BCUT2D eigenvalue weighted by atomic mass is 32.2. The molecule has 1 aliphatic heterocycles. The monoisotopic (exact) mass is 296 g/mol. The van der Waals surface area contributed by atoms with Crippen molar-refractivity contribution in [2.24, 2.45) is 0 Å². The Kier molecular flexibility index (Phi) is 5.29. The molecule has 0 N–H and O–H groups in total. The Labute approximate surface area is 121 Å². The van der Waals surface area contributed by atoms with Crippen LogP contribution in [0, 0.1) is 11.8 Å². The number of thioether (sulfide) groups is 2. The zero-order chi connectivity index (χ0) is 13.6. The van der Waals surface area contributed by atoms with Gasteiger partial charge in [-0.2, -0.15) is 0 Å². The summed E-state index contributed by atoms with van der Waals surface area (Å²) in [6.07, 6.45) is 4.48. The van der Waals surface area contributed by atoms with Crippen LogP contribution in [0.1, 0.15) is 25.0 Å². The van der Waals surface area contributed by atoms with Crippen molar-refractivity contribution in [1.29, 1.82) is 0 Å². The Morgan fingerprint density at radius 3 is 2.95 bits per heavy atom. The summed E-state index contributed by atoms with van der Waals surface area (Å²) in [5.41, 5.74) is 0. The third-order valence-corrected chi connectivity index (χ3v) is 6.25. The summed E-state index contributed by atoms with van der Waals surface area (Å²) in [6.45, 7) is 0. The molecule has 0 aliphatic carbocycles. The largest absolute Gasteiger partial charge is 0.467 e. The number of esters is 1. The predicted octanol–water partition coefficient (Wildman–Crippen LogP) is 3.26. The average molecular weight is 296 g/mol. The van der Waals surface area contributed by atoms with Crippen LogP contribution in [0.5, 0.6) is 0 Å². The van der Waals surface area contributed by atoms with Gasteiger partial charge in [0.25, 0.3) is 0 Å². The number of methoxy groups -OCH3 is 1. The molecule has 0 bridgehead atoms. The first-order valence-corrected chi connectivity index (χ1v) is 8.13. The lowest BCUT2D eigenvalue weighted by atomic mass is 10.2. The lowest BCUT2D eigenvalue weighted by molar-refractivity contribution is -0.133. The average Bonchev–Trinajstić information content (AvgIpc) is 2.99. The Hall–Kier alpha value is -0.990. The maximum Gasteiger partial charge on any atom is 0.384 e. The van der Waals surface area contributed by atoms with Gasteiger partial charge in [-0.3, -0.25) is 0 Å². The van der Waals surface area contributed by atoms with Gasteiger partial charge in [0.15, 0.2) is 0 Å². The number of rotatable bonds is 3. The fourth-order valence-electron chi connectivity index (χ4n) is 1.89. The number of carbonyl (C=O) groups is 1. The Morgan fingerprint density at radius 2 is 2.32 bits per heavy atom. The van der Waals surface area contributed by atoms with E-state index in [1.165, 1.54) is 13.5 Å². The Morgan fingerprint density at radius 1 is 1.53 bits per heavy atom. The van der Waals surface area contributed by atoms with E-state index >= 15 is 0 Å². The van der Waals surface area contributed by atoms with Crippen molar-refractivity contribution in [3.8, 4) is 11.8 Å². The van der Waals surface area contributed by atoms with Crippen LogP contribution in [0.4, 0.5) is 0 Å². The number of hydrogen-bond donors (Lipinski definition) is 0. The first-order valence-electron chi connectivity index (χ1n) is 6.15. The highest BCUT2D eigenvalue weighted by molar-refractivity contribution is 8.18. The van der Waals surface area contributed by atoms with E-state index in [0.717, 1.165) is 23.7 Å². The molecule has 0 aromatic carbocycles. The first kappa shape index (κ1) is 14.4. The van der Waals surface area contributed by atoms with Gasteiger partial charge in [-0.15, -0.1) is 23.5 Å². The minimum atomic E-state index is -0.476. The third-order valence-electron chi connectivity index (χ3n) is 2.81. The van der Waals surface area contributed by atoms with Crippen molar-refractivity contribution in [3.63, 3.8) is 0 Å². The van der Waals surface area contributed by atoms with Crippen LogP contribution >= 0.6 is 23.5 Å². The maximum atomic E-state index is 10.9. The maximum absolute atomic E-state index is 10.9. The van der Waals surface area contributed by atoms with Gasteiger partial charge in [0, 0.05) is 12.3 Å². The van der Waals surface area contributed by atoms with Crippen LogP contribution in [0.3, 0.4) is 0 Å². The second-order valence-electron chi connectivity index (χ2n) is 4.07. The molecule has 19 heavy (non-hydrogen) atoms. The van der Waals surface area contributed by atoms with Gasteiger partial charge < -0.3 is 9.15 Å². The van der Waals surface area contributed by atoms with Crippen LogP contribution in [0.2, 0.25) is 0 Å². The molecule has 0 unspecified atom stereocenters. The second kappa shape index (κ2) is 6.97. The van der Waals surface area contributed by atoms with Crippen LogP contribution in [-0.4, -0.2) is 24.6 Å². The summed E-state index contributed by atoms with van der Waals surface area (Å²) in [5, 5.41) is 0. The molecule has 2 heterocycles. The topological polar surface area (TPSA) is 39.4 Å². The van der Waals surface area contributed by atoms with Gasteiger partial charge >= 0.3 is 5.97 Å². The van der Waals surface area contributed by atoms with E-state index in [1.54, 1.807) is 6.26 Å². The number of hydrogen-bond acceptors (Lipinski definition) is 5. The standard InChI is InChI=1S/C14H16O3S2/c1-16-13(15)7-2-3-8-14(12-6-4-9-17-12)18-10-5-11-19-14/h4,6,9H,3,5,8,10-11H2,1H3. The van der Waals surface area contributed by atoms with Crippen LogP contribution < -0.4 is 0 Å². The smallest absolute Gasteiger partial charge is 0.384 e. The Bertz CT molecular complexity index is 465. The van der Waals surface area contributed by atoms with E-state index in [1.807, 2.05) is 35.7 Å². The minimum Gasteiger partial charge on any atom is -0.467 e. The molecule has 5 heteroatoms. The molecule has 1 aromatic heterocycles. The lowest BCUT2D eigenvalue weighted by Gasteiger charge is -2.33. The van der Waals surface area contributed by atoms with Crippen LogP contribution in [-0.2, 0) is 13.6 Å². The van der Waals surface area contributed by atoms with E-state index in [-0.39, 0.29) is 4.08 Å². The van der Waals surface area contributed by atoms with Crippen molar-refractivity contribution in [2.75, 3.05) is 18.6 Å². The van der Waals surface area contributed by atoms with Crippen molar-refractivity contribution in [3.05, 3.63) is 24.2 Å². The molecule has 0 radical (unpaired) electrons. The summed E-state index contributed by atoms with van der Waals surface area (Å²) in [4.78, 5) is 10.9. The quantitative estimate of drug-likeness (QED) is 0.486. The van der Waals surface area contributed by atoms with E-state index in [0.29, 0.717) is 6.42 Å². The van der Waals surface area contributed by atoms with Crippen molar-refractivity contribution < 1.29 is 13.9 Å². The molecule has 1 aromatic rings. The SMILES string of the molecule is COC(=O)C#CCCC1(c2ccco2)SCCCS1. The van der Waals surface area contributed by atoms with Gasteiger partial charge in [-0.25, -0.2) is 4.79 Å². The van der Waals surface area contributed by atoms with Crippen molar-refractivity contribution >= 4 is 29.5 Å². The minimum absolute atomic E-state index is 0.0491. The van der Waals surface area contributed by atoms with Gasteiger partial charge in [0.1, 0.15) is 9.84 Å². The summed E-state index contributed by atoms with van der Waals surface area (Å²) in [6, 6.07) is 3.95. The molecular weight excluding hydrogens is 280 g/mol. The molecule has 2 rings (SSSR count). The highest BCUT2D eigenvalue weighted by Gasteiger charge is 2.37.